The number of carbonyl (C=O) groups excluding carboxylic acids is 1. The molecule has 7 nitrogen and oxygen atoms in total. The van der Waals surface area contributed by atoms with Crippen molar-refractivity contribution in [1.82, 2.24) is 14.9 Å². The summed E-state index contributed by atoms with van der Waals surface area (Å²) in [6.07, 6.45) is 3.10. The molecule has 0 aliphatic carbocycles. The first-order valence-electron chi connectivity index (χ1n) is 9.66. The van der Waals surface area contributed by atoms with E-state index in [2.05, 4.69) is 9.97 Å². The Labute approximate surface area is 170 Å². The lowest BCUT2D eigenvalue weighted by Crippen LogP contribution is -2.50. The molecule has 1 unspecified atom stereocenters. The maximum absolute atomic E-state index is 13.2. The lowest BCUT2D eigenvalue weighted by atomic mass is 9.87. The monoisotopic (exact) mass is 401 g/mol. The second kappa shape index (κ2) is 7.94. The fourth-order valence-electron chi connectivity index (χ4n) is 3.13. The number of hydrogen-bond acceptors (Lipinski definition) is 6. The van der Waals surface area contributed by atoms with Crippen LogP contribution in [0.15, 0.2) is 36.7 Å². The number of amides is 1. The summed E-state index contributed by atoms with van der Waals surface area (Å²) >= 11 is 0. The molecule has 0 saturated carbocycles. The minimum absolute atomic E-state index is 0.299. The van der Waals surface area contributed by atoms with E-state index < -0.39 is 11.1 Å². The molecule has 1 fully saturated rings. The molecule has 1 aliphatic heterocycles. The summed E-state index contributed by atoms with van der Waals surface area (Å²) in [4.78, 5) is 24.8. The number of hydrogen-bond donors (Lipinski definition) is 1. The first-order chi connectivity index (χ1) is 13.6. The molecule has 2 N–H and O–H groups in total. The zero-order valence-electron chi connectivity index (χ0n) is 17.4. The molecular weight excluding hydrogens is 373 g/mol. The summed E-state index contributed by atoms with van der Waals surface area (Å²) in [6, 6.07) is 6.11. The van der Waals surface area contributed by atoms with Crippen molar-refractivity contribution in [1.29, 1.82) is 0 Å². The Balaban J connectivity index is 1.64. The highest BCUT2D eigenvalue weighted by Gasteiger charge is 2.28. The summed E-state index contributed by atoms with van der Waals surface area (Å²) in [5.74, 6) is 0.286. The van der Waals surface area contributed by atoms with Gasteiger partial charge in [-0.3, -0.25) is 0 Å². The van der Waals surface area contributed by atoms with Crippen LogP contribution in [0.25, 0.3) is 0 Å². The van der Waals surface area contributed by atoms with Crippen LogP contribution < -0.4 is 10.6 Å². The second-order valence-corrected chi connectivity index (χ2v) is 8.44. The van der Waals surface area contributed by atoms with Crippen molar-refractivity contribution in [3.8, 4) is 0 Å². The van der Waals surface area contributed by atoms with Gasteiger partial charge in [0, 0.05) is 44.1 Å². The average molecular weight is 401 g/mol. The van der Waals surface area contributed by atoms with E-state index in [1.165, 1.54) is 12.1 Å². The van der Waals surface area contributed by atoms with Crippen LogP contribution in [0.1, 0.15) is 38.8 Å². The highest BCUT2D eigenvalue weighted by atomic mass is 19.1. The molecule has 1 aromatic carbocycles. The Morgan fingerprint density at radius 1 is 1.00 bits per heavy atom. The Morgan fingerprint density at radius 2 is 1.55 bits per heavy atom. The molecule has 1 saturated heterocycles. The van der Waals surface area contributed by atoms with Gasteiger partial charge in [0.1, 0.15) is 11.4 Å². The van der Waals surface area contributed by atoms with Crippen molar-refractivity contribution in [2.24, 2.45) is 5.73 Å². The molecule has 2 aromatic rings. The Hall–Kier alpha value is -2.74. The number of nitrogens with zero attached hydrogens (tertiary/aromatic N) is 4. The van der Waals surface area contributed by atoms with Crippen LogP contribution in [0.3, 0.4) is 0 Å². The van der Waals surface area contributed by atoms with Crippen LogP contribution in [-0.2, 0) is 10.3 Å². The smallest absolute Gasteiger partial charge is 0.410 e. The average Bonchev–Trinajstić information content (AvgIpc) is 2.67. The van der Waals surface area contributed by atoms with Crippen molar-refractivity contribution in [3.05, 3.63) is 53.6 Å². The third-order valence-electron chi connectivity index (χ3n) is 4.90. The maximum atomic E-state index is 13.2. The molecule has 0 bridgehead atoms. The van der Waals surface area contributed by atoms with E-state index in [9.17, 15) is 9.18 Å². The van der Waals surface area contributed by atoms with E-state index in [0.29, 0.717) is 32.1 Å². The summed E-state index contributed by atoms with van der Waals surface area (Å²) in [5.41, 5.74) is 6.64. The molecule has 156 valence electrons. The molecule has 3 rings (SSSR count). The third-order valence-corrected chi connectivity index (χ3v) is 4.90. The van der Waals surface area contributed by atoms with Crippen LogP contribution in [0.2, 0.25) is 0 Å². The van der Waals surface area contributed by atoms with Crippen molar-refractivity contribution in [3.63, 3.8) is 0 Å². The standard InChI is InChI=1S/C21H28FN5O2/c1-20(2,3)29-19(28)27-11-9-26(10-12-27)18-24-13-16(14-25-18)21(4,23)15-5-7-17(22)8-6-15/h5-8,13-14H,9-12,23H2,1-4H3. The predicted molar refractivity (Wildman–Crippen MR) is 109 cm³/mol. The van der Waals surface area contributed by atoms with Crippen molar-refractivity contribution in [2.45, 2.75) is 38.8 Å². The summed E-state index contributed by atoms with van der Waals surface area (Å²) in [7, 11) is 0. The molecule has 8 heteroatoms. The molecule has 1 aromatic heterocycles. The predicted octanol–water partition coefficient (Wildman–Crippen LogP) is 2.90. The number of nitrogens with two attached hydrogens (primary N) is 1. The normalized spacial score (nSPS) is 17.0. The largest absolute Gasteiger partial charge is 0.444 e. The van der Waals surface area contributed by atoms with E-state index >= 15 is 0 Å². The van der Waals surface area contributed by atoms with E-state index in [1.807, 2.05) is 32.6 Å². The summed E-state index contributed by atoms with van der Waals surface area (Å²) < 4.78 is 18.6. The van der Waals surface area contributed by atoms with Gasteiger partial charge in [0.25, 0.3) is 0 Å². The topological polar surface area (TPSA) is 84.6 Å². The molecule has 1 atom stereocenters. The highest BCUT2D eigenvalue weighted by Crippen LogP contribution is 2.26. The van der Waals surface area contributed by atoms with Gasteiger partial charge >= 0.3 is 6.09 Å². The van der Waals surface area contributed by atoms with Crippen LogP contribution in [0.5, 0.6) is 0 Å². The number of ether oxygens (including phenoxy) is 1. The second-order valence-electron chi connectivity index (χ2n) is 8.44. The van der Waals surface area contributed by atoms with E-state index in [4.69, 9.17) is 10.5 Å². The van der Waals surface area contributed by atoms with Crippen LogP contribution in [0.4, 0.5) is 15.1 Å². The molecule has 0 radical (unpaired) electrons. The van der Waals surface area contributed by atoms with Gasteiger partial charge in [-0.2, -0.15) is 0 Å². The van der Waals surface area contributed by atoms with E-state index in [0.717, 1.165) is 11.1 Å². The maximum Gasteiger partial charge on any atom is 0.410 e. The van der Waals surface area contributed by atoms with E-state index in [-0.39, 0.29) is 11.9 Å². The lowest BCUT2D eigenvalue weighted by molar-refractivity contribution is 0.0240. The molecule has 2 heterocycles. The summed E-state index contributed by atoms with van der Waals surface area (Å²) in [6.45, 7) is 9.74. The van der Waals surface area contributed by atoms with Crippen molar-refractivity contribution in [2.75, 3.05) is 31.1 Å². The molecule has 0 spiro atoms. The Kier molecular flexibility index (Phi) is 5.75. The molecular formula is C21H28FN5O2. The quantitative estimate of drug-likeness (QED) is 0.851. The van der Waals surface area contributed by atoms with Gasteiger partial charge in [-0.25, -0.2) is 19.2 Å². The minimum atomic E-state index is -0.832. The Bertz CT molecular complexity index is 839. The Morgan fingerprint density at radius 3 is 2.07 bits per heavy atom. The van der Waals surface area contributed by atoms with Gasteiger partial charge in [0.15, 0.2) is 0 Å². The van der Waals surface area contributed by atoms with Gasteiger partial charge < -0.3 is 20.3 Å². The first kappa shape index (κ1) is 21.0. The number of aromatic nitrogens is 2. The zero-order valence-corrected chi connectivity index (χ0v) is 17.4. The fraction of sp³-hybridized carbons (Fsp3) is 0.476. The first-order valence-corrected chi connectivity index (χ1v) is 9.66. The van der Waals surface area contributed by atoms with Gasteiger partial charge in [-0.1, -0.05) is 12.1 Å². The zero-order chi connectivity index (χ0) is 21.2. The number of halogens is 1. The third kappa shape index (κ3) is 5.00. The van der Waals surface area contributed by atoms with Gasteiger partial charge in [0.05, 0.1) is 5.54 Å². The number of carbonyl (C=O) groups is 1. The number of rotatable bonds is 3. The summed E-state index contributed by atoms with van der Waals surface area (Å²) in [5, 5.41) is 0. The van der Waals surface area contributed by atoms with Crippen LogP contribution in [0, 0.1) is 5.82 Å². The number of piperazine rings is 1. The van der Waals surface area contributed by atoms with Gasteiger partial charge in [-0.15, -0.1) is 0 Å². The minimum Gasteiger partial charge on any atom is -0.444 e. The molecule has 29 heavy (non-hydrogen) atoms. The number of anilines is 1. The van der Waals surface area contributed by atoms with Gasteiger partial charge in [0.2, 0.25) is 5.95 Å². The van der Waals surface area contributed by atoms with Crippen molar-refractivity contribution < 1.29 is 13.9 Å². The van der Waals surface area contributed by atoms with Crippen molar-refractivity contribution >= 4 is 12.0 Å². The van der Waals surface area contributed by atoms with Crippen LogP contribution >= 0.6 is 0 Å². The SMILES string of the molecule is CC(C)(C)OC(=O)N1CCN(c2ncc(C(C)(N)c3ccc(F)cc3)cn2)CC1. The molecule has 1 amide bonds. The fourth-order valence-corrected chi connectivity index (χ4v) is 3.13. The van der Waals surface area contributed by atoms with Crippen LogP contribution in [-0.4, -0.2) is 52.7 Å². The van der Waals surface area contributed by atoms with E-state index in [1.54, 1.807) is 29.4 Å². The lowest BCUT2D eigenvalue weighted by Gasteiger charge is -2.35. The molecule has 1 aliphatic rings. The van der Waals surface area contributed by atoms with Gasteiger partial charge in [-0.05, 0) is 45.4 Å². The number of benzene rings is 1. The highest BCUT2D eigenvalue weighted by molar-refractivity contribution is 5.68.